The zero-order valence-corrected chi connectivity index (χ0v) is 9.90. The maximum absolute atomic E-state index is 12.9. The summed E-state index contributed by atoms with van der Waals surface area (Å²) in [4.78, 5) is 0. The molecule has 0 fully saturated rings. The van der Waals surface area contributed by atoms with Crippen LogP contribution in [0.4, 0.5) is 4.39 Å². The molecule has 0 atom stereocenters. The Kier molecular flexibility index (Phi) is 4.42. The molecule has 0 unspecified atom stereocenters. The first-order valence-corrected chi connectivity index (χ1v) is 5.19. The van der Waals surface area contributed by atoms with Gasteiger partial charge in [-0.05, 0) is 24.6 Å². The molecule has 1 rings (SSSR count). The SMILES string of the molecule is C/C(=C/Cl)COc1cc(F)cc(Br)c1. The van der Waals surface area contributed by atoms with Crippen LogP contribution >= 0.6 is 27.5 Å². The molecule has 0 N–H and O–H groups in total. The van der Waals surface area contributed by atoms with Crippen molar-refractivity contribution >= 4 is 27.5 Å². The molecule has 4 heteroatoms. The minimum absolute atomic E-state index is 0.332. The van der Waals surface area contributed by atoms with Crippen molar-refractivity contribution in [2.75, 3.05) is 6.61 Å². The van der Waals surface area contributed by atoms with Gasteiger partial charge in [0, 0.05) is 16.1 Å². The number of hydrogen-bond donors (Lipinski definition) is 0. The average Bonchev–Trinajstić information content (AvgIpc) is 2.12. The predicted octanol–water partition coefficient (Wildman–Crippen LogP) is 4.11. The Morgan fingerprint density at radius 3 is 2.86 bits per heavy atom. The Bertz CT molecular complexity index is 332. The molecule has 0 radical (unpaired) electrons. The van der Waals surface area contributed by atoms with Crippen LogP contribution in [0.5, 0.6) is 5.75 Å². The fourth-order valence-electron chi connectivity index (χ4n) is 0.841. The quantitative estimate of drug-likeness (QED) is 0.809. The summed E-state index contributed by atoms with van der Waals surface area (Å²) in [6.45, 7) is 2.20. The summed E-state index contributed by atoms with van der Waals surface area (Å²) in [7, 11) is 0. The highest BCUT2D eigenvalue weighted by molar-refractivity contribution is 9.10. The molecule has 1 nitrogen and oxygen atoms in total. The smallest absolute Gasteiger partial charge is 0.128 e. The van der Waals surface area contributed by atoms with Gasteiger partial charge in [0.15, 0.2) is 0 Å². The normalized spacial score (nSPS) is 11.6. The Morgan fingerprint density at radius 1 is 1.57 bits per heavy atom. The minimum atomic E-state index is -0.332. The van der Waals surface area contributed by atoms with Gasteiger partial charge in [-0.25, -0.2) is 4.39 Å². The first-order valence-electron chi connectivity index (χ1n) is 3.96. The van der Waals surface area contributed by atoms with Gasteiger partial charge in [-0.2, -0.15) is 0 Å². The number of benzene rings is 1. The highest BCUT2D eigenvalue weighted by Crippen LogP contribution is 2.20. The zero-order chi connectivity index (χ0) is 10.6. The van der Waals surface area contributed by atoms with Gasteiger partial charge < -0.3 is 4.74 Å². The van der Waals surface area contributed by atoms with E-state index in [0.29, 0.717) is 16.8 Å². The molecule has 14 heavy (non-hydrogen) atoms. The van der Waals surface area contributed by atoms with Crippen molar-refractivity contribution in [3.63, 3.8) is 0 Å². The zero-order valence-electron chi connectivity index (χ0n) is 7.56. The van der Waals surface area contributed by atoms with Crippen LogP contribution < -0.4 is 4.74 Å². The van der Waals surface area contributed by atoms with Crippen LogP contribution in [0.25, 0.3) is 0 Å². The van der Waals surface area contributed by atoms with E-state index in [0.717, 1.165) is 5.57 Å². The van der Waals surface area contributed by atoms with Crippen LogP contribution in [-0.2, 0) is 0 Å². The van der Waals surface area contributed by atoms with Gasteiger partial charge in [0.25, 0.3) is 0 Å². The van der Waals surface area contributed by atoms with Gasteiger partial charge in [-0.15, -0.1) is 0 Å². The van der Waals surface area contributed by atoms with Crippen molar-refractivity contribution in [1.29, 1.82) is 0 Å². The fourth-order valence-corrected chi connectivity index (χ4v) is 1.35. The lowest BCUT2D eigenvalue weighted by atomic mass is 10.3. The maximum Gasteiger partial charge on any atom is 0.128 e. The van der Waals surface area contributed by atoms with Gasteiger partial charge in [-0.3, -0.25) is 0 Å². The molecule has 0 aliphatic rings. The van der Waals surface area contributed by atoms with Crippen molar-refractivity contribution in [1.82, 2.24) is 0 Å². The van der Waals surface area contributed by atoms with E-state index in [4.69, 9.17) is 16.3 Å². The van der Waals surface area contributed by atoms with E-state index in [1.165, 1.54) is 17.7 Å². The Balaban J connectivity index is 2.67. The molecule has 0 aliphatic carbocycles. The monoisotopic (exact) mass is 278 g/mol. The topological polar surface area (TPSA) is 9.23 Å². The van der Waals surface area contributed by atoms with E-state index in [2.05, 4.69) is 15.9 Å². The van der Waals surface area contributed by atoms with Gasteiger partial charge >= 0.3 is 0 Å². The summed E-state index contributed by atoms with van der Waals surface area (Å²) in [6, 6.07) is 4.40. The van der Waals surface area contributed by atoms with Crippen molar-refractivity contribution in [2.45, 2.75) is 6.92 Å². The van der Waals surface area contributed by atoms with Gasteiger partial charge in [0.1, 0.15) is 18.2 Å². The molecule has 76 valence electrons. The summed E-state index contributed by atoms with van der Waals surface area (Å²) in [5.41, 5.74) is 2.32. The lowest BCUT2D eigenvalue weighted by Gasteiger charge is -2.06. The van der Waals surface area contributed by atoms with E-state index in [9.17, 15) is 4.39 Å². The van der Waals surface area contributed by atoms with E-state index in [1.807, 2.05) is 6.92 Å². The molecule has 0 spiro atoms. The van der Waals surface area contributed by atoms with Gasteiger partial charge in [0.2, 0.25) is 0 Å². The number of hydrogen-bond acceptors (Lipinski definition) is 1. The summed E-state index contributed by atoms with van der Waals surface area (Å²) in [5.74, 6) is 0.150. The van der Waals surface area contributed by atoms with Crippen molar-refractivity contribution in [3.8, 4) is 5.75 Å². The second-order valence-electron chi connectivity index (χ2n) is 2.85. The maximum atomic E-state index is 12.9. The number of ether oxygens (including phenoxy) is 1. The lowest BCUT2D eigenvalue weighted by molar-refractivity contribution is 0.350. The van der Waals surface area contributed by atoms with Gasteiger partial charge in [0.05, 0.1) is 0 Å². The summed E-state index contributed by atoms with van der Waals surface area (Å²) in [6.07, 6.45) is 0. The van der Waals surface area contributed by atoms with Crippen LogP contribution in [0.2, 0.25) is 0 Å². The van der Waals surface area contributed by atoms with Crippen LogP contribution in [0.1, 0.15) is 6.92 Å². The van der Waals surface area contributed by atoms with Gasteiger partial charge in [-0.1, -0.05) is 27.5 Å². The third-order valence-electron chi connectivity index (χ3n) is 1.49. The Labute approximate surface area is 95.7 Å². The second kappa shape index (κ2) is 5.37. The molecule has 0 aromatic heterocycles. The Hall–Kier alpha value is -0.540. The molecule has 1 aromatic rings. The molecule has 0 bridgehead atoms. The molecule has 0 amide bonds. The van der Waals surface area contributed by atoms with Crippen molar-refractivity contribution in [2.24, 2.45) is 0 Å². The molecule has 1 aromatic carbocycles. The van der Waals surface area contributed by atoms with Crippen molar-refractivity contribution < 1.29 is 9.13 Å². The lowest BCUT2D eigenvalue weighted by Crippen LogP contribution is -1.98. The molecular weight excluding hydrogens is 270 g/mol. The molecule has 0 saturated heterocycles. The second-order valence-corrected chi connectivity index (χ2v) is 3.98. The fraction of sp³-hybridized carbons (Fsp3) is 0.200. The van der Waals surface area contributed by atoms with E-state index < -0.39 is 0 Å². The third-order valence-corrected chi connectivity index (χ3v) is 2.32. The van der Waals surface area contributed by atoms with E-state index in [-0.39, 0.29) is 5.82 Å². The number of rotatable bonds is 3. The van der Waals surface area contributed by atoms with Crippen LogP contribution in [0.3, 0.4) is 0 Å². The Morgan fingerprint density at radius 2 is 2.29 bits per heavy atom. The molecule has 0 saturated carbocycles. The molecular formula is C10H9BrClFO. The average molecular weight is 280 g/mol. The number of halogens is 3. The predicted molar refractivity (Wildman–Crippen MR) is 59.2 cm³/mol. The first-order chi connectivity index (χ1) is 6.61. The summed E-state index contributed by atoms with van der Waals surface area (Å²) in [5, 5.41) is 0. The highest BCUT2D eigenvalue weighted by Gasteiger charge is 1.99. The van der Waals surface area contributed by atoms with Crippen LogP contribution in [-0.4, -0.2) is 6.61 Å². The molecule has 0 aliphatic heterocycles. The van der Waals surface area contributed by atoms with Crippen molar-refractivity contribution in [3.05, 3.63) is 39.6 Å². The summed E-state index contributed by atoms with van der Waals surface area (Å²) < 4.78 is 18.8. The van der Waals surface area contributed by atoms with Crippen LogP contribution in [0.15, 0.2) is 33.8 Å². The van der Waals surface area contributed by atoms with Crippen LogP contribution in [0, 0.1) is 5.82 Å². The summed E-state index contributed by atoms with van der Waals surface area (Å²) >= 11 is 8.63. The largest absolute Gasteiger partial charge is 0.489 e. The standard InChI is InChI=1S/C10H9BrClFO/c1-7(5-12)6-14-10-3-8(11)2-9(13)4-10/h2-5H,6H2,1H3/b7-5-. The van der Waals surface area contributed by atoms with E-state index in [1.54, 1.807) is 6.07 Å². The first kappa shape index (κ1) is 11.5. The third kappa shape index (κ3) is 3.68. The van der Waals surface area contributed by atoms with E-state index >= 15 is 0 Å². The minimum Gasteiger partial charge on any atom is -0.489 e. The highest BCUT2D eigenvalue weighted by atomic mass is 79.9. The molecule has 0 heterocycles.